The monoisotopic (exact) mass is 394 g/mol. The highest BCUT2D eigenvalue weighted by molar-refractivity contribution is 6.07. The molecule has 1 amide bonds. The first-order valence-electron chi connectivity index (χ1n) is 10.3. The van der Waals surface area contributed by atoms with Gasteiger partial charge < -0.3 is 4.90 Å². The Morgan fingerprint density at radius 1 is 0.967 bits per heavy atom. The highest BCUT2D eigenvalue weighted by atomic mass is 16.2. The molecular weight excluding hydrogens is 372 g/mol. The van der Waals surface area contributed by atoms with Crippen molar-refractivity contribution in [3.63, 3.8) is 0 Å². The summed E-state index contributed by atoms with van der Waals surface area (Å²) in [5.74, 6) is 0.0362. The van der Waals surface area contributed by atoms with Crippen LogP contribution < -0.4 is 0 Å². The molecule has 4 aromatic rings. The zero-order chi connectivity index (χ0) is 20.3. The Hall–Kier alpha value is -3.60. The van der Waals surface area contributed by atoms with Crippen LogP contribution in [0, 0.1) is 0 Å². The van der Waals surface area contributed by atoms with Gasteiger partial charge in [0.2, 0.25) is 0 Å². The van der Waals surface area contributed by atoms with Crippen LogP contribution in [0.5, 0.6) is 0 Å². The number of hydrogen-bond acceptors (Lipinski definition) is 4. The summed E-state index contributed by atoms with van der Waals surface area (Å²) in [5, 5.41) is 0.875. The summed E-state index contributed by atoms with van der Waals surface area (Å²) < 4.78 is 0. The molecule has 1 fully saturated rings. The first-order valence-corrected chi connectivity index (χ1v) is 10.3. The Morgan fingerprint density at radius 3 is 2.70 bits per heavy atom. The van der Waals surface area contributed by atoms with Crippen LogP contribution >= 0.6 is 0 Å². The van der Waals surface area contributed by atoms with Gasteiger partial charge >= 0.3 is 0 Å². The summed E-state index contributed by atoms with van der Waals surface area (Å²) in [5.41, 5.74) is 4.11. The van der Waals surface area contributed by atoms with Crippen molar-refractivity contribution in [2.45, 2.75) is 25.3 Å². The lowest BCUT2D eigenvalue weighted by Crippen LogP contribution is -2.39. The minimum atomic E-state index is 0.00113. The molecule has 0 radical (unpaired) electrons. The van der Waals surface area contributed by atoms with Gasteiger partial charge in [-0.2, -0.15) is 0 Å². The minimum Gasteiger partial charge on any atom is -0.330 e. The van der Waals surface area contributed by atoms with E-state index in [1.807, 2.05) is 65.6 Å². The van der Waals surface area contributed by atoms with Crippen molar-refractivity contribution in [3.8, 4) is 11.3 Å². The third-order valence-electron chi connectivity index (χ3n) is 5.70. The van der Waals surface area contributed by atoms with Crippen LogP contribution in [0.2, 0.25) is 0 Å². The van der Waals surface area contributed by atoms with Crippen molar-refractivity contribution in [1.82, 2.24) is 19.9 Å². The molecule has 0 saturated carbocycles. The zero-order valence-corrected chi connectivity index (χ0v) is 16.6. The van der Waals surface area contributed by atoms with Crippen molar-refractivity contribution in [3.05, 3.63) is 90.5 Å². The Kier molecular flexibility index (Phi) is 4.93. The fourth-order valence-electron chi connectivity index (χ4n) is 4.22. The summed E-state index contributed by atoms with van der Waals surface area (Å²) in [4.78, 5) is 29.4. The highest BCUT2D eigenvalue weighted by Crippen LogP contribution is 2.33. The molecule has 1 saturated heterocycles. The first kappa shape index (κ1) is 18.4. The van der Waals surface area contributed by atoms with Crippen LogP contribution in [-0.4, -0.2) is 32.3 Å². The van der Waals surface area contributed by atoms with Gasteiger partial charge in [0.1, 0.15) is 0 Å². The van der Waals surface area contributed by atoms with Crippen molar-refractivity contribution in [2.24, 2.45) is 0 Å². The predicted octanol–water partition coefficient (Wildman–Crippen LogP) is 5.06. The van der Waals surface area contributed by atoms with E-state index in [9.17, 15) is 4.79 Å². The Morgan fingerprint density at radius 2 is 1.87 bits per heavy atom. The van der Waals surface area contributed by atoms with E-state index in [4.69, 9.17) is 4.98 Å². The van der Waals surface area contributed by atoms with E-state index in [2.05, 4.69) is 9.97 Å². The zero-order valence-electron chi connectivity index (χ0n) is 16.6. The molecule has 30 heavy (non-hydrogen) atoms. The van der Waals surface area contributed by atoms with Crippen molar-refractivity contribution >= 4 is 16.8 Å². The molecule has 4 heterocycles. The maximum Gasteiger partial charge on any atom is 0.255 e. The number of carbonyl (C=O) groups is 1. The average molecular weight is 394 g/mol. The summed E-state index contributed by atoms with van der Waals surface area (Å²) in [6.07, 6.45) is 8.36. The van der Waals surface area contributed by atoms with Crippen molar-refractivity contribution in [2.75, 3.05) is 6.54 Å². The number of piperidine rings is 1. The van der Waals surface area contributed by atoms with Crippen LogP contribution in [0.15, 0.2) is 79.3 Å². The number of hydrogen-bond donors (Lipinski definition) is 0. The summed E-state index contributed by atoms with van der Waals surface area (Å²) in [6.45, 7) is 0.735. The van der Waals surface area contributed by atoms with Crippen molar-refractivity contribution < 1.29 is 4.79 Å². The SMILES string of the molecule is O=C(c1cc(-c2cccnc2)nc2ccccc12)N1CCCC[C@@H]1c1ccccn1. The number of likely N-dealkylation sites (tertiary alicyclic amines) is 1. The Bertz CT molecular complexity index is 1180. The maximum absolute atomic E-state index is 13.8. The molecule has 1 aliphatic rings. The third-order valence-corrected chi connectivity index (χ3v) is 5.70. The van der Waals surface area contributed by atoms with E-state index in [1.54, 1.807) is 18.6 Å². The van der Waals surface area contributed by atoms with Gasteiger partial charge in [-0.25, -0.2) is 4.98 Å². The number of pyridine rings is 3. The highest BCUT2D eigenvalue weighted by Gasteiger charge is 2.30. The molecule has 1 atom stereocenters. The van der Waals surface area contributed by atoms with E-state index < -0.39 is 0 Å². The lowest BCUT2D eigenvalue weighted by atomic mass is 9.96. The lowest BCUT2D eigenvalue weighted by molar-refractivity contribution is 0.0608. The lowest BCUT2D eigenvalue weighted by Gasteiger charge is -2.35. The summed E-state index contributed by atoms with van der Waals surface area (Å²) >= 11 is 0. The summed E-state index contributed by atoms with van der Waals surface area (Å²) in [6, 6.07) is 19.5. The number of nitrogens with zero attached hydrogens (tertiary/aromatic N) is 4. The Labute approximate surface area is 175 Å². The third kappa shape index (κ3) is 3.43. The number of aromatic nitrogens is 3. The Balaban J connectivity index is 1.61. The maximum atomic E-state index is 13.8. The van der Waals surface area contributed by atoms with E-state index in [0.717, 1.165) is 53.7 Å². The number of carbonyl (C=O) groups excluding carboxylic acids is 1. The average Bonchev–Trinajstić information content (AvgIpc) is 2.84. The number of para-hydroxylation sites is 1. The topological polar surface area (TPSA) is 59.0 Å². The normalized spacial score (nSPS) is 16.5. The molecule has 5 nitrogen and oxygen atoms in total. The van der Waals surface area contributed by atoms with E-state index in [0.29, 0.717) is 5.56 Å². The molecular formula is C25H22N4O. The second kappa shape index (κ2) is 8.03. The van der Waals surface area contributed by atoms with Gasteiger partial charge in [0.15, 0.2) is 0 Å². The van der Waals surface area contributed by atoms with E-state index in [-0.39, 0.29) is 11.9 Å². The molecule has 1 aliphatic heterocycles. The first-order chi connectivity index (χ1) is 14.8. The van der Waals surface area contributed by atoms with Crippen LogP contribution in [-0.2, 0) is 0 Å². The van der Waals surface area contributed by atoms with Gasteiger partial charge in [-0.3, -0.25) is 14.8 Å². The van der Waals surface area contributed by atoms with Crippen molar-refractivity contribution in [1.29, 1.82) is 0 Å². The predicted molar refractivity (Wildman–Crippen MR) is 117 cm³/mol. The van der Waals surface area contributed by atoms with Gasteiger partial charge in [-0.15, -0.1) is 0 Å². The molecule has 0 bridgehead atoms. The van der Waals surface area contributed by atoms with E-state index >= 15 is 0 Å². The smallest absolute Gasteiger partial charge is 0.255 e. The van der Waals surface area contributed by atoms with Gasteiger partial charge in [0, 0.05) is 36.1 Å². The van der Waals surface area contributed by atoms with Crippen LogP contribution in [0.4, 0.5) is 0 Å². The van der Waals surface area contributed by atoms with E-state index in [1.165, 1.54) is 0 Å². The fourth-order valence-corrected chi connectivity index (χ4v) is 4.22. The number of amides is 1. The molecule has 5 heteroatoms. The minimum absolute atomic E-state index is 0.00113. The van der Waals surface area contributed by atoms with Crippen LogP contribution in [0.25, 0.3) is 22.2 Å². The fraction of sp³-hybridized carbons (Fsp3) is 0.200. The molecule has 0 N–H and O–H groups in total. The summed E-state index contributed by atoms with van der Waals surface area (Å²) in [7, 11) is 0. The van der Waals surface area contributed by atoms with Gasteiger partial charge in [-0.1, -0.05) is 24.3 Å². The van der Waals surface area contributed by atoms with Gasteiger partial charge in [-0.05, 0) is 55.7 Å². The second-order valence-electron chi connectivity index (χ2n) is 7.58. The van der Waals surface area contributed by atoms with Gasteiger partial charge in [0.25, 0.3) is 5.91 Å². The number of rotatable bonds is 3. The standard InChI is InChI=1S/C25H22N4O/c30-25(29-15-6-4-12-24(29)22-11-3-5-14-27-22)20-16-23(18-8-7-13-26-17-18)28-21-10-2-1-9-19(20)21/h1-3,5,7-11,13-14,16-17,24H,4,6,12,15H2/t24-/m1/s1. The quantitative estimate of drug-likeness (QED) is 0.487. The van der Waals surface area contributed by atoms with Crippen LogP contribution in [0.3, 0.4) is 0 Å². The molecule has 0 aliphatic carbocycles. The molecule has 0 unspecified atom stereocenters. The molecule has 148 valence electrons. The second-order valence-corrected chi connectivity index (χ2v) is 7.58. The molecule has 0 spiro atoms. The van der Waals surface area contributed by atoms with Gasteiger partial charge in [0.05, 0.1) is 28.5 Å². The van der Waals surface area contributed by atoms with Crippen LogP contribution in [0.1, 0.15) is 41.4 Å². The molecule has 5 rings (SSSR count). The largest absolute Gasteiger partial charge is 0.330 e. The number of benzene rings is 1. The number of fused-ring (bicyclic) bond motifs is 1. The molecule has 3 aromatic heterocycles. The molecule has 1 aromatic carbocycles.